The predicted octanol–water partition coefficient (Wildman–Crippen LogP) is 3.71. The highest BCUT2D eigenvalue weighted by Crippen LogP contribution is 2.29. The van der Waals surface area contributed by atoms with E-state index in [-0.39, 0.29) is 5.82 Å². The van der Waals surface area contributed by atoms with E-state index in [0.29, 0.717) is 10.6 Å². The smallest absolute Gasteiger partial charge is 0.133 e. The van der Waals surface area contributed by atoms with Gasteiger partial charge in [0.25, 0.3) is 0 Å². The van der Waals surface area contributed by atoms with Crippen LogP contribution in [0.2, 0.25) is 0 Å². The van der Waals surface area contributed by atoms with Crippen molar-refractivity contribution in [2.24, 2.45) is 0 Å². The Bertz CT molecular complexity index is 427. The highest BCUT2D eigenvalue weighted by atomic mass is 79.9. The van der Waals surface area contributed by atoms with Gasteiger partial charge >= 0.3 is 0 Å². The van der Waals surface area contributed by atoms with Crippen LogP contribution >= 0.6 is 27.3 Å². The lowest BCUT2D eigenvalue weighted by Gasteiger charge is -1.96. The van der Waals surface area contributed by atoms with Crippen LogP contribution < -0.4 is 0 Å². The van der Waals surface area contributed by atoms with Gasteiger partial charge in [0.2, 0.25) is 0 Å². The van der Waals surface area contributed by atoms with Gasteiger partial charge in [-0.15, -0.1) is 11.3 Å². The molecule has 0 spiro atoms. The normalized spacial score (nSPS) is 10.3. The summed E-state index contributed by atoms with van der Waals surface area (Å²) in [4.78, 5) is 4.08. The molecule has 0 bridgehead atoms. The highest BCUT2D eigenvalue weighted by molar-refractivity contribution is 9.11. The standard InChI is InChI=1S/C9H5BrFNS/c10-8-5-12-9(13-8)6-3-1-2-4-7(6)11/h1-5H. The molecule has 2 rings (SSSR count). The zero-order valence-electron chi connectivity index (χ0n) is 6.50. The van der Waals surface area contributed by atoms with E-state index in [1.54, 1.807) is 24.4 Å². The molecular formula is C9H5BrFNS. The number of benzene rings is 1. The summed E-state index contributed by atoms with van der Waals surface area (Å²) in [5.74, 6) is -0.232. The third-order valence-electron chi connectivity index (χ3n) is 1.58. The van der Waals surface area contributed by atoms with Gasteiger partial charge < -0.3 is 0 Å². The van der Waals surface area contributed by atoms with Crippen LogP contribution in [0.5, 0.6) is 0 Å². The van der Waals surface area contributed by atoms with Gasteiger partial charge in [0.15, 0.2) is 0 Å². The van der Waals surface area contributed by atoms with Crippen LogP contribution in [-0.2, 0) is 0 Å². The van der Waals surface area contributed by atoms with Crippen molar-refractivity contribution in [1.82, 2.24) is 4.98 Å². The van der Waals surface area contributed by atoms with E-state index in [1.807, 2.05) is 0 Å². The monoisotopic (exact) mass is 257 g/mol. The van der Waals surface area contributed by atoms with E-state index >= 15 is 0 Å². The van der Waals surface area contributed by atoms with Crippen LogP contribution in [0.4, 0.5) is 4.39 Å². The summed E-state index contributed by atoms with van der Waals surface area (Å²) in [6.45, 7) is 0. The second-order valence-electron chi connectivity index (χ2n) is 2.45. The molecule has 0 amide bonds. The summed E-state index contributed by atoms with van der Waals surface area (Å²) in [7, 11) is 0. The third kappa shape index (κ3) is 1.78. The first-order valence-electron chi connectivity index (χ1n) is 3.63. The van der Waals surface area contributed by atoms with Crippen molar-refractivity contribution >= 4 is 27.3 Å². The number of thiazole rings is 1. The Morgan fingerprint density at radius 3 is 2.69 bits per heavy atom. The lowest BCUT2D eigenvalue weighted by molar-refractivity contribution is 0.631. The Hall–Kier alpha value is -0.740. The molecule has 4 heteroatoms. The summed E-state index contributed by atoms with van der Waals surface area (Å²) >= 11 is 4.71. The van der Waals surface area contributed by atoms with Crippen LogP contribution in [0.1, 0.15) is 0 Å². The molecule has 0 fully saturated rings. The van der Waals surface area contributed by atoms with Crippen LogP contribution in [0.3, 0.4) is 0 Å². The topological polar surface area (TPSA) is 12.9 Å². The number of halogens is 2. The van der Waals surface area contributed by atoms with Crippen molar-refractivity contribution in [2.75, 3.05) is 0 Å². The van der Waals surface area contributed by atoms with E-state index in [1.165, 1.54) is 17.4 Å². The molecule has 0 unspecified atom stereocenters. The molecule has 1 aromatic heterocycles. The average molecular weight is 258 g/mol. The molecule has 0 aliphatic rings. The molecule has 0 radical (unpaired) electrons. The van der Waals surface area contributed by atoms with Crippen molar-refractivity contribution in [1.29, 1.82) is 0 Å². The van der Waals surface area contributed by atoms with Crippen molar-refractivity contribution in [2.45, 2.75) is 0 Å². The molecule has 0 atom stereocenters. The Morgan fingerprint density at radius 2 is 2.08 bits per heavy atom. The molecule has 13 heavy (non-hydrogen) atoms. The van der Waals surface area contributed by atoms with Crippen molar-refractivity contribution in [3.63, 3.8) is 0 Å². The van der Waals surface area contributed by atoms with Crippen LogP contribution in [0.15, 0.2) is 34.2 Å². The third-order valence-corrected chi connectivity index (χ3v) is 3.09. The van der Waals surface area contributed by atoms with Gasteiger partial charge in [0, 0.05) is 5.56 Å². The number of hydrogen-bond acceptors (Lipinski definition) is 2. The zero-order chi connectivity index (χ0) is 9.26. The Morgan fingerprint density at radius 1 is 1.31 bits per heavy atom. The number of nitrogens with zero attached hydrogens (tertiary/aromatic N) is 1. The Balaban J connectivity index is 2.52. The molecule has 0 N–H and O–H groups in total. The fraction of sp³-hybridized carbons (Fsp3) is 0. The molecular weight excluding hydrogens is 253 g/mol. The van der Waals surface area contributed by atoms with E-state index in [4.69, 9.17) is 0 Å². The van der Waals surface area contributed by atoms with Gasteiger partial charge in [-0.05, 0) is 28.1 Å². The minimum atomic E-state index is -0.232. The fourth-order valence-corrected chi connectivity index (χ4v) is 2.25. The number of hydrogen-bond donors (Lipinski definition) is 0. The molecule has 0 saturated heterocycles. The fourth-order valence-electron chi connectivity index (χ4n) is 1.01. The molecule has 0 aliphatic heterocycles. The summed E-state index contributed by atoms with van der Waals surface area (Å²) in [5, 5.41) is 0.699. The van der Waals surface area contributed by atoms with Gasteiger partial charge in [-0.2, -0.15) is 0 Å². The van der Waals surface area contributed by atoms with Gasteiger partial charge in [-0.25, -0.2) is 9.37 Å². The van der Waals surface area contributed by atoms with E-state index in [2.05, 4.69) is 20.9 Å². The molecule has 1 aromatic carbocycles. The Labute approximate surface area is 87.4 Å². The SMILES string of the molecule is Fc1ccccc1-c1ncc(Br)s1. The minimum absolute atomic E-state index is 0.232. The zero-order valence-corrected chi connectivity index (χ0v) is 8.90. The maximum atomic E-state index is 13.2. The van der Waals surface area contributed by atoms with Crippen LogP contribution in [0.25, 0.3) is 10.6 Å². The molecule has 0 saturated carbocycles. The summed E-state index contributed by atoms with van der Waals surface area (Å²) in [5.41, 5.74) is 0.554. The van der Waals surface area contributed by atoms with Crippen molar-refractivity contribution in [3.8, 4) is 10.6 Å². The van der Waals surface area contributed by atoms with Crippen molar-refractivity contribution in [3.05, 3.63) is 40.1 Å². The summed E-state index contributed by atoms with van der Waals surface area (Å²) in [6.07, 6.45) is 1.67. The maximum Gasteiger partial charge on any atom is 0.133 e. The first-order valence-corrected chi connectivity index (χ1v) is 5.24. The van der Waals surface area contributed by atoms with E-state index in [0.717, 1.165) is 3.79 Å². The van der Waals surface area contributed by atoms with E-state index < -0.39 is 0 Å². The second kappa shape index (κ2) is 3.55. The highest BCUT2D eigenvalue weighted by Gasteiger charge is 2.07. The Kier molecular flexibility index (Phi) is 2.42. The molecule has 1 nitrogen and oxygen atoms in total. The molecule has 1 heterocycles. The minimum Gasteiger partial charge on any atom is -0.243 e. The van der Waals surface area contributed by atoms with Gasteiger partial charge in [-0.1, -0.05) is 12.1 Å². The number of rotatable bonds is 1. The first-order chi connectivity index (χ1) is 6.27. The molecule has 0 aliphatic carbocycles. The average Bonchev–Trinajstić information content (AvgIpc) is 2.53. The predicted molar refractivity (Wildman–Crippen MR) is 55.2 cm³/mol. The number of aromatic nitrogens is 1. The summed E-state index contributed by atoms with van der Waals surface area (Å²) < 4.78 is 14.1. The largest absolute Gasteiger partial charge is 0.243 e. The quantitative estimate of drug-likeness (QED) is 0.759. The van der Waals surface area contributed by atoms with Crippen LogP contribution in [-0.4, -0.2) is 4.98 Å². The van der Waals surface area contributed by atoms with Crippen molar-refractivity contribution < 1.29 is 4.39 Å². The maximum absolute atomic E-state index is 13.2. The van der Waals surface area contributed by atoms with Gasteiger partial charge in [-0.3, -0.25) is 0 Å². The van der Waals surface area contributed by atoms with Gasteiger partial charge in [0.05, 0.1) is 9.98 Å². The van der Waals surface area contributed by atoms with Gasteiger partial charge in [0.1, 0.15) is 10.8 Å². The molecule has 66 valence electrons. The lowest BCUT2D eigenvalue weighted by atomic mass is 10.2. The summed E-state index contributed by atoms with van der Waals surface area (Å²) in [6, 6.07) is 6.63. The molecule has 2 aromatic rings. The van der Waals surface area contributed by atoms with E-state index in [9.17, 15) is 4.39 Å². The first kappa shape index (κ1) is 8.84. The second-order valence-corrected chi connectivity index (χ2v) is 4.86. The lowest BCUT2D eigenvalue weighted by Crippen LogP contribution is -1.80. The van der Waals surface area contributed by atoms with Crippen LogP contribution in [0, 0.1) is 5.82 Å².